The van der Waals surface area contributed by atoms with Gasteiger partial charge in [0.25, 0.3) is 0 Å². The number of rotatable bonds is 5. The molecule has 1 fully saturated rings. The molecule has 1 aromatic heterocycles. The van der Waals surface area contributed by atoms with Crippen molar-refractivity contribution in [3.05, 3.63) is 53.4 Å². The Morgan fingerprint density at radius 2 is 1.81 bits per heavy atom. The predicted octanol–water partition coefficient (Wildman–Crippen LogP) is 3.98. The normalized spacial score (nSPS) is 16.2. The van der Waals surface area contributed by atoms with Gasteiger partial charge in [-0.3, -0.25) is 9.89 Å². The van der Waals surface area contributed by atoms with Crippen LogP contribution in [0, 0.1) is 0 Å². The monoisotopic (exact) mass is 551 g/mol. The third kappa shape index (κ3) is 6.83. The topological polar surface area (TPSA) is 56.9 Å². The Bertz CT molecular complexity index is 847. The minimum absolute atomic E-state index is 0. The quantitative estimate of drug-likeness (QED) is 0.346. The van der Waals surface area contributed by atoms with Crippen LogP contribution in [0.4, 0.5) is 13.2 Å². The van der Waals surface area contributed by atoms with E-state index >= 15 is 0 Å². The average molecular weight is 551 g/mol. The molecule has 0 saturated carbocycles. The third-order valence-corrected chi connectivity index (χ3v) is 5.42. The molecule has 1 saturated heterocycles. The lowest BCUT2D eigenvalue weighted by atomic mass is 9.84. The van der Waals surface area contributed by atoms with Gasteiger partial charge in [-0.25, -0.2) is 0 Å². The smallest absolute Gasteiger partial charge is 0.364 e. The van der Waals surface area contributed by atoms with Crippen molar-refractivity contribution in [3.8, 4) is 0 Å². The molecule has 1 aromatic carbocycles. The molecule has 3 rings (SSSR count). The lowest BCUT2D eigenvalue weighted by Crippen LogP contribution is -2.53. The van der Waals surface area contributed by atoms with Crippen molar-refractivity contribution >= 4 is 29.9 Å². The molecular weight excluding hydrogens is 522 g/mol. The van der Waals surface area contributed by atoms with Crippen molar-refractivity contribution in [2.75, 3.05) is 39.8 Å². The summed E-state index contributed by atoms with van der Waals surface area (Å²) in [4.78, 5) is 8.84. The molecular formula is C21H29F3IN5O. The zero-order valence-electron chi connectivity index (χ0n) is 17.9. The fraction of sp³-hybridized carbons (Fsp3) is 0.524. The third-order valence-electron chi connectivity index (χ3n) is 5.42. The van der Waals surface area contributed by atoms with Crippen LogP contribution < -0.4 is 5.32 Å². The van der Waals surface area contributed by atoms with Crippen LogP contribution in [0.3, 0.4) is 0 Å². The number of aliphatic imine (C=N–C) groups is 1. The molecule has 0 atom stereocenters. The van der Waals surface area contributed by atoms with Gasteiger partial charge in [0.05, 0.1) is 11.3 Å². The number of halogens is 4. The molecule has 0 amide bonds. The Balaban J connectivity index is 0.00000341. The second-order valence-electron chi connectivity index (χ2n) is 8.12. The van der Waals surface area contributed by atoms with Gasteiger partial charge < -0.3 is 14.7 Å². The number of piperazine rings is 1. The van der Waals surface area contributed by atoms with Crippen molar-refractivity contribution in [1.82, 2.24) is 20.3 Å². The predicted molar refractivity (Wildman–Crippen MR) is 125 cm³/mol. The minimum Gasteiger partial charge on any atom is -0.364 e. The summed E-state index contributed by atoms with van der Waals surface area (Å²) in [7, 11) is 1.72. The van der Waals surface area contributed by atoms with Crippen LogP contribution in [0.1, 0.15) is 30.7 Å². The average Bonchev–Trinajstić information content (AvgIpc) is 3.22. The van der Waals surface area contributed by atoms with Crippen LogP contribution in [0.5, 0.6) is 0 Å². The zero-order valence-corrected chi connectivity index (χ0v) is 20.3. The van der Waals surface area contributed by atoms with Gasteiger partial charge in [0.15, 0.2) is 5.96 Å². The largest absolute Gasteiger partial charge is 0.416 e. The van der Waals surface area contributed by atoms with E-state index in [2.05, 4.69) is 25.3 Å². The van der Waals surface area contributed by atoms with Crippen LogP contribution >= 0.6 is 24.0 Å². The van der Waals surface area contributed by atoms with E-state index in [0.717, 1.165) is 50.4 Å². The van der Waals surface area contributed by atoms with Gasteiger partial charge in [-0.1, -0.05) is 37.2 Å². The van der Waals surface area contributed by atoms with E-state index in [1.54, 1.807) is 19.4 Å². The van der Waals surface area contributed by atoms with Crippen molar-refractivity contribution in [2.24, 2.45) is 4.99 Å². The lowest BCUT2D eigenvalue weighted by molar-refractivity contribution is -0.137. The number of guanidine groups is 1. The fourth-order valence-corrected chi connectivity index (χ4v) is 3.52. The molecule has 1 N–H and O–H groups in total. The highest BCUT2D eigenvalue weighted by molar-refractivity contribution is 14.0. The van der Waals surface area contributed by atoms with E-state index < -0.39 is 17.2 Å². The lowest BCUT2D eigenvalue weighted by Gasteiger charge is -2.37. The van der Waals surface area contributed by atoms with Crippen LogP contribution in [0.25, 0.3) is 0 Å². The molecule has 1 aliphatic heterocycles. The van der Waals surface area contributed by atoms with E-state index in [4.69, 9.17) is 4.52 Å². The maximum absolute atomic E-state index is 13.1. The molecule has 0 spiro atoms. The molecule has 0 radical (unpaired) electrons. The van der Waals surface area contributed by atoms with Crippen molar-refractivity contribution in [3.63, 3.8) is 0 Å². The number of hydrogen-bond acceptors (Lipinski definition) is 4. The van der Waals surface area contributed by atoms with Crippen LogP contribution in [0.15, 0.2) is 46.1 Å². The van der Waals surface area contributed by atoms with E-state index in [0.29, 0.717) is 12.1 Å². The Morgan fingerprint density at radius 3 is 2.39 bits per heavy atom. The van der Waals surface area contributed by atoms with E-state index in [-0.39, 0.29) is 24.0 Å². The second kappa shape index (κ2) is 10.7. The summed E-state index contributed by atoms with van der Waals surface area (Å²) in [6.45, 7) is 8.43. The molecule has 0 bridgehead atoms. The molecule has 2 aromatic rings. The number of nitrogens with one attached hydrogen (secondary N) is 1. The molecule has 0 unspecified atom stereocenters. The Hall–Kier alpha value is -1.82. The van der Waals surface area contributed by atoms with Crippen molar-refractivity contribution < 1.29 is 17.7 Å². The van der Waals surface area contributed by atoms with Crippen molar-refractivity contribution in [1.29, 1.82) is 0 Å². The maximum Gasteiger partial charge on any atom is 0.416 e. The van der Waals surface area contributed by atoms with Gasteiger partial charge in [-0.2, -0.15) is 13.2 Å². The molecule has 1 aliphatic rings. The molecule has 0 aliphatic carbocycles. The molecule has 10 heteroatoms. The molecule has 172 valence electrons. The van der Waals surface area contributed by atoms with Gasteiger partial charge in [-0.15, -0.1) is 24.0 Å². The summed E-state index contributed by atoms with van der Waals surface area (Å²) in [6.07, 6.45) is -2.77. The summed E-state index contributed by atoms with van der Waals surface area (Å²) in [5.41, 5.74) is 0.429. The second-order valence-corrected chi connectivity index (χ2v) is 8.12. The van der Waals surface area contributed by atoms with Gasteiger partial charge >= 0.3 is 6.18 Å². The summed E-state index contributed by atoms with van der Waals surface area (Å²) in [6, 6.07) is 7.39. The number of hydrogen-bond donors (Lipinski definition) is 1. The summed E-state index contributed by atoms with van der Waals surface area (Å²) in [5.74, 6) is 0.760. The Morgan fingerprint density at radius 1 is 1.13 bits per heavy atom. The summed E-state index contributed by atoms with van der Waals surface area (Å²) >= 11 is 0. The van der Waals surface area contributed by atoms with Crippen molar-refractivity contribution in [2.45, 2.75) is 32.0 Å². The Kier molecular flexibility index (Phi) is 8.75. The van der Waals surface area contributed by atoms with Gasteiger partial charge in [-0.05, 0) is 11.6 Å². The fourth-order valence-electron chi connectivity index (χ4n) is 3.52. The van der Waals surface area contributed by atoms with E-state index in [9.17, 15) is 13.2 Å². The van der Waals surface area contributed by atoms with Gasteiger partial charge in [0.2, 0.25) is 0 Å². The van der Waals surface area contributed by atoms with Crippen LogP contribution in [0.2, 0.25) is 0 Å². The molecule has 31 heavy (non-hydrogen) atoms. The highest BCUT2D eigenvalue weighted by atomic mass is 127. The summed E-state index contributed by atoms with van der Waals surface area (Å²) < 4.78 is 44.1. The molecule has 2 heterocycles. The van der Waals surface area contributed by atoms with Crippen LogP contribution in [-0.2, 0) is 18.1 Å². The standard InChI is InChI=1S/C21H28F3N5O.HI/c1-20(2,16-5-4-6-17(13-16)21(22,23)24)15-26-19(25-3)29-10-8-28(9-11-29)14-18-7-12-30-27-18;/h4-7,12-13H,8-11,14-15H2,1-3H3,(H,25,26);1H. The van der Waals surface area contributed by atoms with Crippen LogP contribution in [-0.4, -0.2) is 60.7 Å². The Labute approximate surface area is 197 Å². The number of aromatic nitrogens is 1. The minimum atomic E-state index is -4.35. The first-order valence-corrected chi connectivity index (χ1v) is 9.94. The van der Waals surface area contributed by atoms with E-state index in [1.165, 1.54) is 12.1 Å². The first-order chi connectivity index (χ1) is 14.2. The van der Waals surface area contributed by atoms with Gasteiger partial charge in [0, 0.05) is 57.8 Å². The highest BCUT2D eigenvalue weighted by Gasteiger charge is 2.32. The number of benzene rings is 1. The number of alkyl halides is 3. The summed E-state index contributed by atoms with van der Waals surface area (Å²) in [5, 5.41) is 7.30. The first kappa shape index (κ1) is 25.4. The zero-order chi connectivity index (χ0) is 21.8. The van der Waals surface area contributed by atoms with Gasteiger partial charge in [0.1, 0.15) is 6.26 Å². The molecule has 6 nitrogen and oxygen atoms in total. The number of nitrogens with zero attached hydrogens (tertiary/aromatic N) is 4. The SMILES string of the molecule is CN=C(NCC(C)(C)c1cccc(C(F)(F)F)c1)N1CCN(Cc2ccon2)CC1.I. The first-order valence-electron chi connectivity index (χ1n) is 9.94. The maximum atomic E-state index is 13.1. The highest BCUT2D eigenvalue weighted by Crippen LogP contribution is 2.32. The van der Waals surface area contributed by atoms with E-state index in [1.807, 2.05) is 19.9 Å².